The lowest BCUT2D eigenvalue weighted by molar-refractivity contribution is 0.0911. The minimum absolute atomic E-state index is 0.105. The number of aliphatic hydroxyl groups excluding tert-OH is 1. The van der Waals surface area contributed by atoms with Crippen molar-refractivity contribution in [1.82, 2.24) is 10.3 Å². The molecule has 1 aromatic heterocycles. The van der Waals surface area contributed by atoms with Gasteiger partial charge >= 0.3 is 0 Å². The molecule has 0 aliphatic carbocycles. The van der Waals surface area contributed by atoms with E-state index in [4.69, 9.17) is 0 Å². The smallest absolute Gasteiger partial charge is 0.270 e. The van der Waals surface area contributed by atoms with Crippen molar-refractivity contribution in [3.8, 4) is 0 Å². The highest BCUT2D eigenvalue weighted by Gasteiger charge is 2.15. The van der Waals surface area contributed by atoms with Gasteiger partial charge in [0.05, 0.1) is 12.6 Å². The van der Waals surface area contributed by atoms with Crippen molar-refractivity contribution in [2.75, 3.05) is 6.61 Å². The number of rotatable bonds is 5. The third-order valence-electron chi connectivity index (χ3n) is 3.11. The molecule has 0 spiro atoms. The van der Waals surface area contributed by atoms with Crippen LogP contribution in [0.2, 0.25) is 0 Å². The number of carbonyl (C=O) groups is 1. The molecular weight excluding hydrogens is 252 g/mol. The molecule has 0 unspecified atom stereocenters. The molecule has 2 N–H and O–H groups in total. The van der Waals surface area contributed by atoms with Crippen LogP contribution in [0.5, 0.6) is 0 Å². The first-order chi connectivity index (χ1) is 9.70. The lowest BCUT2D eigenvalue weighted by atomic mass is 10.1. The number of pyridine rings is 1. The second-order valence-electron chi connectivity index (χ2n) is 4.71. The summed E-state index contributed by atoms with van der Waals surface area (Å²) in [5, 5.41) is 12.2. The van der Waals surface area contributed by atoms with Crippen LogP contribution in [0.1, 0.15) is 21.6 Å². The average molecular weight is 270 g/mol. The quantitative estimate of drug-likeness (QED) is 0.869. The monoisotopic (exact) mass is 270 g/mol. The molecule has 0 aliphatic rings. The summed E-state index contributed by atoms with van der Waals surface area (Å²) in [7, 11) is 0. The predicted octanol–water partition coefficient (Wildman–Crippen LogP) is 1.72. The Morgan fingerprint density at radius 2 is 2.00 bits per heavy atom. The maximum absolute atomic E-state index is 12.1. The number of amides is 1. The first kappa shape index (κ1) is 14.2. The number of nitrogens with one attached hydrogen (secondary N) is 1. The molecule has 0 radical (unpaired) electrons. The molecule has 20 heavy (non-hydrogen) atoms. The van der Waals surface area contributed by atoms with E-state index in [2.05, 4.69) is 10.3 Å². The highest BCUT2D eigenvalue weighted by atomic mass is 16.3. The maximum Gasteiger partial charge on any atom is 0.270 e. The van der Waals surface area contributed by atoms with E-state index in [-0.39, 0.29) is 18.6 Å². The van der Waals surface area contributed by atoms with Crippen LogP contribution < -0.4 is 5.32 Å². The van der Waals surface area contributed by atoms with Crippen molar-refractivity contribution < 1.29 is 9.90 Å². The normalized spacial score (nSPS) is 11.9. The number of hydrogen-bond donors (Lipinski definition) is 2. The largest absolute Gasteiger partial charge is 0.394 e. The van der Waals surface area contributed by atoms with Gasteiger partial charge in [0.25, 0.3) is 5.91 Å². The molecule has 0 saturated carbocycles. The van der Waals surface area contributed by atoms with E-state index in [1.165, 1.54) is 0 Å². The topological polar surface area (TPSA) is 62.2 Å². The van der Waals surface area contributed by atoms with Crippen molar-refractivity contribution in [3.63, 3.8) is 0 Å². The zero-order valence-electron chi connectivity index (χ0n) is 11.4. The summed E-state index contributed by atoms with van der Waals surface area (Å²) in [5.74, 6) is -0.252. The molecule has 1 atom stereocenters. The molecule has 1 amide bonds. The Balaban J connectivity index is 2.03. The van der Waals surface area contributed by atoms with Gasteiger partial charge in [-0.05, 0) is 30.5 Å². The SMILES string of the molecule is Cc1cccnc1C(=O)N[C@H](CO)Cc1ccccc1. The fourth-order valence-electron chi connectivity index (χ4n) is 2.04. The molecule has 4 nitrogen and oxygen atoms in total. The summed E-state index contributed by atoms with van der Waals surface area (Å²) < 4.78 is 0. The third-order valence-corrected chi connectivity index (χ3v) is 3.11. The average Bonchev–Trinajstić information content (AvgIpc) is 2.48. The Kier molecular flexibility index (Phi) is 4.85. The first-order valence-electron chi connectivity index (χ1n) is 6.58. The van der Waals surface area contributed by atoms with Crippen LogP contribution in [0, 0.1) is 6.92 Å². The molecule has 2 aromatic rings. The second-order valence-corrected chi connectivity index (χ2v) is 4.71. The zero-order valence-corrected chi connectivity index (χ0v) is 11.4. The Morgan fingerprint density at radius 1 is 1.25 bits per heavy atom. The number of hydrogen-bond acceptors (Lipinski definition) is 3. The summed E-state index contributed by atoms with van der Waals surface area (Å²) in [6.45, 7) is 1.74. The van der Waals surface area contributed by atoms with Gasteiger partial charge < -0.3 is 10.4 Å². The van der Waals surface area contributed by atoms with E-state index in [0.29, 0.717) is 12.1 Å². The molecule has 0 aliphatic heterocycles. The fourth-order valence-corrected chi connectivity index (χ4v) is 2.04. The Morgan fingerprint density at radius 3 is 2.65 bits per heavy atom. The van der Waals surface area contributed by atoms with Gasteiger partial charge in [0.15, 0.2) is 0 Å². The second kappa shape index (κ2) is 6.82. The number of carbonyl (C=O) groups excluding carboxylic acids is 1. The molecule has 2 rings (SSSR count). The summed E-state index contributed by atoms with van der Waals surface area (Å²) >= 11 is 0. The number of aromatic nitrogens is 1. The van der Waals surface area contributed by atoms with E-state index < -0.39 is 0 Å². The number of nitrogens with zero attached hydrogens (tertiary/aromatic N) is 1. The van der Waals surface area contributed by atoms with E-state index in [9.17, 15) is 9.90 Å². The Labute approximate surface area is 118 Å². The van der Waals surface area contributed by atoms with Crippen LogP contribution in [0.3, 0.4) is 0 Å². The van der Waals surface area contributed by atoms with Crippen LogP contribution in [0.25, 0.3) is 0 Å². The Hall–Kier alpha value is -2.20. The van der Waals surface area contributed by atoms with E-state index in [0.717, 1.165) is 11.1 Å². The number of aryl methyl sites for hydroxylation is 1. The van der Waals surface area contributed by atoms with Crippen LogP contribution in [0.15, 0.2) is 48.7 Å². The molecule has 0 fully saturated rings. The van der Waals surface area contributed by atoms with Gasteiger partial charge in [0.1, 0.15) is 5.69 Å². The highest BCUT2D eigenvalue weighted by Crippen LogP contribution is 2.06. The maximum atomic E-state index is 12.1. The number of benzene rings is 1. The van der Waals surface area contributed by atoms with Crippen LogP contribution in [0.4, 0.5) is 0 Å². The van der Waals surface area contributed by atoms with Gasteiger partial charge in [-0.15, -0.1) is 0 Å². The van der Waals surface area contributed by atoms with E-state index in [1.807, 2.05) is 43.3 Å². The lowest BCUT2D eigenvalue weighted by Gasteiger charge is -2.16. The van der Waals surface area contributed by atoms with Crippen molar-refractivity contribution in [2.45, 2.75) is 19.4 Å². The lowest BCUT2D eigenvalue weighted by Crippen LogP contribution is -2.39. The molecule has 4 heteroatoms. The van der Waals surface area contributed by atoms with E-state index >= 15 is 0 Å². The highest BCUT2D eigenvalue weighted by molar-refractivity contribution is 5.93. The van der Waals surface area contributed by atoms with Gasteiger partial charge in [-0.25, -0.2) is 0 Å². The molecule has 104 valence electrons. The third kappa shape index (κ3) is 3.65. The molecule has 0 saturated heterocycles. The standard InChI is InChI=1S/C16H18N2O2/c1-12-6-5-9-17-15(12)16(20)18-14(11-19)10-13-7-3-2-4-8-13/h2-9,14,19H,10-11H2,1H3,(H,18,20)/t14-/m0/s1. The van der Waals surface area contributed by atoms with Crippen molar-refractivity contribution in [3.05, 3.63) is 65.5 Å². The molecule has 1 heterocycles. The molecule has 1 aromatic carbocycles. The van der Waals surface area contributed by atoms with Gasteiger partial charge in [-0.1, -0.05) is 36.4 Å². The number of aliphatic hydroxyl groups is 1. The summed E-state index contributed by atoms with van der Waals surface area (Å²) in [4.78, 5) is 16.2. The predicted molar refractivity (Wildman–Crippen MR) is 77.5 cm³/mol. The Bertz CT molecular complexity index is 570. The van der Waals surface area contributed by atoms with Crippen LogP contribution in [-0.4, -0.2) is 28.6 Å². The van der Waals surface area contributed by atoms with Crippen molar-refractivity contribution >= 4 is 5.91 Å². The van der Waals surface area contributed by atoms with Crippen molar-refractivity contribution in [1.29, 1.82) is 0 Å². The first-order valence-corrected chi connectivity index (χ1v) is 6.58. The van der Waals surface area contributed by atoms with Gasteiger partial charge in [0.2, 0.25) is 0 Å². The minimum Gasteiger partial charge on any atom is -0.394 e. The zero-order chi connectivity index (χ0) is 14.4. The summed E-state index contributed by atoms with van der Waals surface area (Å²) in [5.41, 5.74) is 2.30. The van der Waals surface area contributed by atoms with E-state index in [1.54, 1.807) is 12.3 Å². The summed E-state index contributed by atoms with van der Waals surface area (Å²) in [6.07, 6.45) is 2.18. The molecule has 0 bridgehead atoms. The van der Waals surface area contributed by atoms with Crippen LogP contribution in [-0.2, 0) is 6.42 Å². The van der Waals surface area contributed by atoms with Crippen LogP contribution >= 0.6 is 0 Å². The van der Waals surface area contributed by atoms with Crippen molar-refractivity contribution in [2.24, 2.45) is 0 Å². The van der Waals surface area contributed by atoms with Gasteiger partial charge in [-0.2, -0.15) is 0 Å². The molecular formula is C16H18N2O2. The summed E-state index contributed by atoms with van der Waals surface area (Å²) in [6, 6.07) is 13.1. The minimum atomic E-state index is -0.314. The van der Waals surface area contributed by atoms with Gasteiger partial charge in [0, 0.05) is 6.20 Å². The fraction of sp³-hybridized carbons (Fsp3) is 0.250. The van der Waals surface area contributed by atoms with Gasteiger partial charge in [-0.3, -0.25) is 9.78 Å².